The number of Topliss-reactive ketones (excluding diaryl/α,β-unsaturated/α-hetero) is 1. The number of hydrogen-bond acceptors (Lipinski definition) is 1. The smallest absolute Gasteiger partial charge is 0.130 e. The molecule has 0 aromatic rings. The van der Waals surface area contributed by atoms with E-state index in [0.29, 0.717) is 11.7 Å². The molecule has 1 fully saturated rings. The third-order valence-electron chi connectivity index (χ3n) is 4.92. The van der Waals surface area contributed by atoms with Gasteiger partial charge in [0, 0.05) is 6.42 Å². The fraction of sp³-hybridized carbons (Fsp3) is 0.588. The zero-order valence-corrected chi connectivity index (χ0v) is 11.2. The lowest BCUT2D eigenvalue weighted by atomic mass is 9.73. The van der Waals surface area contributed by atoms with Gasteiger partial charge in [0.1, 0.15) is 5.78 Å². The van der Waals surface area contributed by atoms with E-state index < -0.39 is 0 Å². The summed E-state index contributed by atoms with van der Waals surface area (Å²) in [6, 6.07) is 0. The third-order valence-corrected chi connectivity index (χ3v) is 4.92. The van der Waals surface area contributed by atoms with Gasteiger partial charge < -0.3 is 4.79 Å². The Morgan fingerprint density at radius 2 is 2.11 bits per heavy atom. The topological polar surface area (TPSA) is 17.1 Å². The van der Waals surface area contributed by atoms with Gasteiger partial charge in [0.15, 0.2) is 0 Å². The number of carbonyl (C=O) groups excluding carboxylic acids is 1. The summed E-state index contributed by atoms with van der Waals surface area (Å²) in [5, 5.41) is 0. The average molecular weight is 242 g/mol. The molecule has 3 rings (SSSR count). The number of rotatable bonds is 2. The standard InChI is InChI=1S/C17H22O/c1-12(18)11-17-15-8-4-2-3-7-13(15)14-9-5-6-10-16(14)17/h2-4,8,14,16-17H,5-7,9-11H2,1H3. The van der Waals surface area contributed by atoms with Crippen LogP contribution in [0, 0.1) is 17.8 Å². The van der Waals surface area contributed by atoms with E-state index in [0.717, 1.165) is 24.7 Å². The van der Waals surface area contributed by atoms with E-state index in [-0.39, 0.29) is 0 Å². The molecule has 0 spiro atoms. The molecule has 96 valence electrons. The minimum Gasteiger partial charge on any atom is -0.300 e. The maximum atomic E-state index is 11.6. The highest BCUT2D eigenvalue weighted by molar-refractivity contribution is 5.76. The van der Waals surface area contributed by atoms with Crippen LogP contribution >= 0.6 is 0 Å². The lowest BCUT2D eigenvalue weighted by Gasteiger charge is -2.31. The minimum absolute atomic E-state index is 0.351. The van der Waals surface area contributed by atoms with Crippen molar-refractivity contribution in [2.24, 2.45) is 17.8 Å². The average Bonchev–Trinajstić information content (AvgIpc) is 2.55. The predicted molar refractivity (Wildman–Crippen MR) is 74.2 cm³/mol. The first kappa shape index (κ1) is 12.0. The molecule has 0 N–H and O–H groups in total. The van der Waals surface area contributed by atoms with Gasteiger partial charge in [-0.1, -0.05) is 42.7 Å². The van der Waals surface area contributed by atoms with Crippen LogP contribution in [0.2, 0.25) is 0 Å². The van der Waals surface area contributed by atoms with E-state index in [1.54, 1.807) is 12.5 Å². The number of allylic oxidation sites excluding steroid dienone is 6. The molecule has 1 saturated carbocycles. The highest BCUT2D eigenvalue weighted by Gasteiger charge is 2.42. The van der Waals surface area contributed by atoms with Crippen LogP contribution in [0.15, 0.2) is 35.5 Å². The van der Waals surface area contributed by atoms with Gasteiger partial charge in [0.2, 0.25) is 0 Å². The Morgan fingerprint density at radius 3 is 2.94 bits per heavy atom. The summed E-state index contributed by atoms with van der Waals surface area (Å²) >= 11 is 0. The van der Waals surface area contributed by atoms with Crippen molar-refractivity contribution in [3.63, 3.8) is 0 Å². The monoisotopic (exact) mass is 242 g/mol. The van der Waals surface area contributed by atoms with Gasteiger partial charge in [-0.25, -0.2) is 0 Å². The molecule has 1 heteroatoms. The SMILES string of the molecule is CC(=O)CC1C2=C(CC=CC=C2)C2CCCCC12. The van der Waals surface area contributed by atoms with E-state index in [9.17, 15) is 4.79 Å². The van der Waals surface area contributed by atoms with Crippen molar-refractivity contribution in [1.29, 1.82) is 0 Å². The van der Waals surface area contributed by atoms with E-state index in [1.807, 2.05) is 0 Å². The summed E-state index contributed by atoms with van der Waals surface area (Å²) in [6.45, 7) is 1.75. The molecule has 0 radical (unpaired) electrons. The van der Waals surface area contributed by atoms with Crippen LogP contribution in [-0.4, -0.2) is 5.78 Å². The summed E-state index contributed by atoms with van der Waals surface area (Å²) in [5.74, 6) is 2.39. The first-order chi connectivity index (χ1) is 8.77. The molecule has 0 aromatic carbocycles. The molecule has 0 aromatic heterocycles. The first-order valence-corrected chi connectivity index (χ1v) is 7.33. The van der Waals surface area contributed by atoms with Crippen molar-refractivity contribution in [3.8, 4) is 0 Å². The van der Waals surface area contributed by atoms with Crippen LogP contribution in [0.1, 0.15) is 45.4 Å². The van der Waals surface area contributed by atoms with E-state index in [4.69, 9.17) is 0 Å². The predicted octanol–water partition coefficient (Wildman–Crippen LogP) is 4.21. The number of hydrogen-bond donors (Lipinski definition) is 0. The molecule has 1 nitrogen and oxygen atoms in total. The van der Waals surface area contributed by atoms with Gasteiger partial charge in [-0.05, 0) is 49.5 Å². The first-order valence-electron chi connectivity index (χ1n) is 7.33. The summed E-state index contributed by atoms with van der Waals surface area (Å²) in [4.78, 5) is 11.6. The molecule has 3 atom stereocenters. The Bertz CT molecular complexity index is 439. The molecule has 3 aliphatic carbocycles. The highest BCUT2D eigenvalue weighted by Crippen LogP contribution is 2.52. The molecule has 3 unspecified atom stereocenters. The van der Waals surface area contributed by atoms with Crippen LogP contribution in [0.4, 0.5) is 0 Å². The van der Waals surface area contributed by atoms with Gasteiger partial charge in [0.25, 0.3) is 0 Å². The van der Waals surface area contributed by atoms with E-state index in [1.165, 1.54) is 31.3 Å². The van der Waals surface area contributed by atoms with Crippen molar-refractivity contribution in [3.05, 3.63) is 35.5 Å². The largest absolute Gasteiger partial charge is 0.300 e. The lowest BCUT2D eigenvalue weighted by Crippen LogP contribution is -2.23. The number of ketones is 1. The molecule has 0 heterocycles. The summed E-state index contributed by atoms with van der Waals surface area (Å²) in [5.41, 5.74) is 3.16. The molecule has 0 saturated heterocycles. The Morgan fingerprint density at radius 1 is 1.28 bits per heavy atom. The molecule has 3 aliphatic rings. The molecule has 0 aliphatic heterocycles. The van der Waals surface area contributed by atoms with Crippen molar-refractivity contribution in [2.45, 2.75) is 45.4 Å². The maximum Gasteiger partial charge on any atom is 0.130 e. The molecular weight excluding hydrogens is 220 g/mol. The van der Waals surface area contributed by atoms with Gasteiger partial charge in [-0.3, -0.25) is 0 Å². The second kappa shape index (κ2) is 4.87. The van der Waals surface area contributed by atoms with Crippen molar-refractivity contribution in [1.82, 2.24) is 0 Å². The van der Waals surface area contributed by atoms with Crippen LogP contribution in [0.25, 0.3) is 0 Å². The second-order valence-corrected chi connectivity index (χ2v) is 6.04. The van der Waals surface area contributed by atoms with Crippen LogP contribution < -0.4 is 0 Å². The third kappa shape index (κ3) is 2.00. The van der Waals surface area contributed by atoms with Crippen molar-refractivity contribution >= 4 is 5.78 Å². The van der Waals surface area contributed by atoms with Gasteiger partial charge in [-0.2, -0.15) is 0 Å². The Labute approximate surface area is 110 Å². The molecule has 0 bridgehead atoms. The number of fused-ring (bicyclic) bond motifs is 2. The zero-order chi connectivity index (χ0) is 12.5. The fourth-order valence-electron chi connectivity index (χ4n) is 4.26. The molecule has 0 amide bonds. The van der Waals surface area contributed by atoms with Crippen molar-refractivity contribution < 1.29 is 4.79 Å². The number of carbonyl (C=O) groups is 1. The normalized spacial score (nSPS) is 34.2. The second-order valence-electron chi connectivity index (χ2n) is 6.04. The summed E-state index contributed by atoms with van der Waals surface area (Å²) in [7, 11) is 0. The van der Waals surface area contributed by atoms with Crippen LogP contribution in [-0.2, 0) is 4.79 Å². The zero-order valence-electron chi connectivity index (χ0n) is 11.2. The fourth-order valence-corrected chi connectivity index (χ4v) is 4.26. The Balaban J connectivity index is 1.95. The van der Waals surface area contributed by atoms with Crippen LogP contribution in [0.3, 0.4) is 0 Å². The highest BCUT2D eigenvalue weighted by atomic mass is 16.1. The quantitative estimate of drug-likeness (QED) is 0.708. The van der Waals surface area contributed by atoms with Gasteiger partial charge in [-0.15, -0.1) is 0 Å². The summed E-state index contributed by atoms with van der Waals surface area (Å²) < 4.78 is 0. The maximum absolute atomic E-state index is 11.6. The molecule has 18 heavy (non-hydrogen) atoms. The Kier molecular flexibility index (Phi) is 3.23. The Hall–Kier alpha value is -1.11. The van der Waals surface area contributed by atoms with Crippen molar-refractivity contribution in [2.75, 3.05) is 0 Å². The van der Waals surface area contributed by atoms with E-state index in [2.05, 4.69) is 24.3 Å². The van der Waals surface area contributed by atoms with Crippen LogP contribution in [0.5, 0.6) is 0 Å². The molecular formula is C17H22O. The van der Waals surface area contributed by atoms with Gasteiger partial charge >= 0.3 is 0 Å². The lowest BCUT2D eigenvalue weighted by molar-refractivity contribution is -0.118. The van der Waals surface area contributed by atoms with E-state index >= 15 is 0 Å². The minimum atomic E-state index is 0.351. The van der Waals surface area contributed by atoms with Gasteiger partial charge in [0.05, 0.1) is 0 Å². The summed E-state index contributed by atoms with van der Waals surface area (Å²) in [6.07, 6.45) is 16.1.